The molecule has 0 saturated heterocycles. The summed E-state index contributed by atoms with van der Waals surface area (Å²) < 4.78 is 1.66. The molecule has 8 nitrogen and oxygen atoms in total. The molecule has 0 aliphatic rings. The third kappa shape index (κ3) is 2.78. The zero-order chi connectivity index (χ0) is 18.1. The highest BCUT2D eigenvalue weighted by Crippen LogP contribution is 2.36. The van der Waals surface area contributed by atoms with E-state index in [0.717, 1.165) is 21.5 Å². The van der Waals surface area contributed by atoms with E-state index in [1.54, 1.807) is 23.0 Å². The Morgan fingerprint density at radius 1 is 1.12 bits per heavy atom. The molecule has 4 rings (SSSR count). The maximum Gasteiger partial charge on any atom is 0.278 e. The molecule has 128 valence electrons. The monoisotopic (exact) mass is 364 g/mol. The summed E-state index contributed by atoms with van der Waals surface area (Å²) in [6, 6.07) is 12.7. The van der Waals surface area contributed by atoms with Gasteiger partial charge in [0.2, 0.25) is 5.16 Å². The number of aryl methyl sites for hydroxylation is 1. The lowest BCUT2D eigenvalue weighted by molar-refractivity contribution is -0.383. The van der Waals surface area contributed by atoms with Gasteiger partial charge in [-0.2, -0.15) is 4.68 Å². The number of para-hydroxylation sites is 1. The van der Waals surface area contributed by atoms with Crippen molar-refractivity contribution in [2.45, 2.75) is 17.0 Å². The molecule has 2 aromatic carbocycles. The second-order valence-corrected chi connectivity index (χ2v) is 6.53. The number of fused-ring (bicyclic) bond motifs is 1. The fourth-order valence-electron chi connectivity index (χ4n) is 2.69. The standard InChI is InChI=1S/C17H12N6O2S/c1-11-4-2-3-5-14(11)22-17(19-20-21-22)26-16-7-6-15(23(24)25)13-10-18-9-8-12(13)16/h2-10H,1H3. The summed E-state index contributed by atoms with van der Waals surface area (Å²) in [6.45, 7) is 1.98. The SMILES string of the molecule is Cc1ccccc1-n1nnnc1Sc1ccc([N+](=O)[O-])c2cnccc12. The summed E-state index contributed by atoms with van der Waals surface area (Å²) in [6.07, 6.45) is 3.11. The number of non-ortho nitro benzene ring substituents is 1. The molecule has 0 saturated carbocycles. The molecule has 0 N–H and O–H groups in total. The molecule has 0 atom stereocenters. The van der Waals surface area contributed by atoms with E-state index in [9.17, 15) is 10.1 Å². The molecule has 0 aliphatic heterocycles. The summed E-state index contributed by atoms with van der Waals surface area (Å²) in [5.74, 6) is 0. The van der Waals surface area contributed by atoms with Crippen LogP contribution in [0.4, 0.5) is 5.69 Å². The maximum absolute atomic E-state index is 11.3. The topological polar surface area (TPSA) is 99.6 Å². The van der Waals surface area contributed by atoms with Gasteiger partial charge in [0.1, 0.15) is 0 Å². The van der Waals surface area contributed by atoms with Crippen LogP contribution < -0.4 is 0 Å². The van der Waals surface area contributed by atoms with Crippen molar-refractivity contribution < 1.29 is 4.92 Å². The first kappa shape index (κ1) is 16.2. The lowest BCUT2D eigenvalue weighted by atomic mass is 10.1. The minimum absolute atomic E-state index is 0.0240. The van der Waals surface area contributed by atoms with Crippen LogP contribution in [0, 0.1) is 17.0 Å². The fourth-order valence-corrected chi connectivity index (χ4v) is 3.61. The van der Waals surface area contributed by atoms with E-state index in [1.165, 1.54) is 24.0 Å². The van der Waals surface area contributed by atoms with Crippen LogP contribution in [-0.2, 0) is 0 Å². The van der Waals surface area contributed by atoms with Crippen LogP contribution in [0.15, 0.2) is 64.9 Å². The van der Waals surface area contributed by atoms with Crippen LogP contribution in [0.1, 0.15) is 5.56 Å². The highest BCUT2D eigenvalue weighted by Gasteiger charge is 2.18. The number of pyridine rings is 1. The lowest BCUT2D eigenvalue weighted by Crippen LogP contribution is -2.01. The lowest BCUT2D eigenvalue weighted by Gasteiger charge is -2.08. The molecule has 0 spiro atoms. The van der Waals surface area contributed by atoms with Crippen LogP contribution >= 0.6 is 11.8 Å². The van der Waals surface area contributed by atoms with Crippen LogP contribution in [0.25, 0.3) is 16.5 Å². The quantitative estimate of drug-likeness (QED) is 0.403. The van der Waals surface area contributed by atoms with E-state index < -0.39 is 4.92 Å². The van der Waals surface area contributed by atoms with Crippen molar-refractivity contribution in [3.05, 3.63) is 70.5 Å². The minimum Gasteiger partial charge on any atom is -0.264 e. The Morgan fingerprint density at radius 2 is 1.96 bits per heavy atom. The molecule has 2 aromatic heterocycles. The predicted octanol–water partition coefficient (Wildman–Crippen LogP) is 3.58. The average Bonchev–Trinajstić information content (AvgIpc) is 3.10. The van der Waals surface area contributed by atoms with Gasteiger partial charge in [0.15, 0.2) is 0 Å². The Bertz CT molecular complexity index is 1130. The van der Waals surface area contributed by atoms with Gasteiger partial charge in [-0.1, -0.05) is 18.2 Å². The third-order valence-electron chi connectivity index (χ3n) is 3.94. The summed E-state index contributed by atoms with van der Waals surface area (Å²) in [5.41, 5.74) is 1.95. The van der Waals surface area contributed by atoms with E-state index in [-0.39, 0.29) is 5.69 Å². The number of nitrogens with zero attached hydrogens (tertiary/aromatic N) is 6. The summed E-state index contributed by atoms with van der Waals surface area (Å²) in [4.78, 5) is 15.7. The zero-order valence-corrected chi connectivity index (χ0v) is 14.4. The number of hydrogen-bond donors (Lipinski definition) is 0. The molecule has 2 heterocycles. The van der Waals surface area contributed by atoms with Gasteiger partial charge in [-0.05, 0) is 52.9 Å². The number of benzene rings is 2. The van der Waals surface area contributed by atoms with Gasteiger partial charge in [0.25, 0.3) is 5.69 Å². The second-order valence-electron chi connectivity index (χ2n) is 5.52. The molecule has 26 heavy (non-hydrogen) atoms. The summed E-state index contributed by atoms with van der Waals surface area (Å²) in [7, 11) is 0. The smallest absolute Gasteiger partial charge is 0.264 e. The molecular weight excluding hydrogens is 352 g/mol. The Labute approximate surface area is 152 Å². The molecule has 0 unspecified atom stereocenters. The van der Waals surface area contributed by atoms with E-state index in [2.05, 4.69) is 20.5 Å². The zero-order valence-electron chi connectivity index (χ0n) is 13.6. The van der Waals surface area contributed by atoms with Crippen LogP contribution in [0.3, 0.4) is 0 Å². The molecule has 0 fully saturated rings. The summed E-state index contributed by atoms with van der Waals surface area (Å²) >= 11 is 1.35. The van der Waals surface area contributed by atoms with E-state index in [0.29, 0.717) is 10.5 Å². The van der Waals surface area contributed by atoms with Gasteiger partial charge in [-0.25, -0.2) is 0 Å². The first-order chi connectivity index (χ1) is 12.6. The van der Waals surface area contributed by atoms with Crippen molar-refractivity contribution in [2.75, 3.05) is 0 Å². The van der Waals surface area contributed by atoms with Crippen LogP contribution in [0.2, 0.25) is 0 Å². The summed E-state index contributed by atoms with van der Waals surface area (Å²) in [5, 5.41) is 25.0. The predicted molar refractivity (Wildman–Crippen MR) is 96.4 cm³/mol. The third-order valence-corrected chi connectivity index (χ3v) is 4.95. The van der Waals surface area contributed by atoms with Crippen LogP contribution in [0.5, 0.6) is 0 Å². The number of aromatic nitrogens is 5. The molecule has 4 aromatic rings. The van der Waals surface area contributed by atoms with Crippen molar-refractivity contribution in [3.8, 4) is 5.69 Å². The van der Waals surface area contributed by atoms with Crippen molar-refractivity contribution in [2.24, 2.45) is 0 Å². The van der Waals surface area contributed by atoms with E-state index in [4.69, 9.17) is 0 Å². The molecular formula is C17H12N6O2S. The maximum atomic E-state index is 11.3. The van der Waals surface area contributed by atoms with E-state index in [1.807, 2.05) is 31.2 Å². The van der Waals surface area contributed by atoms with Crippen LogP contribution in [-0.4, -0.2) is 30.1 Å². The number of nitro benzene ring substituents is 1. The Morgan fingerprint density at radius 3 is 2.77 bits per heavy atom. The Kier molecular flexibility index (Phi) is 4.05. The number of rotatable bonds is 4. The highest BCUT2D eigenvalue weighted by molar-refractivity contribution is 7.99. The normalized spacial score (nSPS) is 11.0. The molecule has 0 bridgehead atoms. The first-order valence-corrected chi connectivity index (χ1v) is 8.50. The van der Waals surface area contributed by atoms with Gasteiger partial charge in [-0.15, -0.1) is 5.10 Å². The van der Waals surface area contributed by atoms with Crippen molar-refractivity contribution in [3.63, 3.8) is 0 Å². The van der Waals surface area contributed by atoms with Gasteiger partial charge >= 0.3 is 0 Å². The molecule has 9 heteroatoms. The number of tetrazole rings is 1. The average molecular weight is 364 g/mol. The van der Waals surface area contributed by atoms with Gasteiger partial charge in [0.05, 0.1) is 16.0 Å². The van der Waals surface area contributed by atoms with Crippen molar-refractivity contribution >= 4 is 28.2 Å². The van der Waals surface area contributed by atoms with Crippen molar-refractivity contribution in [1.29, 1.82) is 0 Å². The largest absolute Gasteiger partial charge is 0.278 e. The van der Waals surface area contributed by atoms with E-state index >= 15 is 0 Å². The highest BCUT2D eigenvalue weighted by atomic mass is 32.2. The molecule has 0 amide bonds. The van der Waals surface area contributed by atoms with Gasteiger partial charge in [-0.3, -0.25) is 15.1 Å². The fraction of sp³-hybridized carbons (Fsp3) is 0.0588. The minimum atomic E-state index is -0.407. The van der Waals surface area contributed by atoms with Gasteiger partial charge < -0.3 is 0 Å². The Hall–Kier alpha value is -3.33. The van der Waals surface area contributed by atoms with Crippen molar-refractivity contribution in [1.82, 2.24) is 25.2 Å². The second kappa shape index (κ2) is 6.52. The Balaban J connectivity index is 1.81. The molecule has 0 radical (unpaired) electrons. The molecule has 0 aliphatic carbocycles. The number of nitro groups is 1. The number of hydrogen-bond acceptors (Lipinski definition) is 7. The van der Waals surface area contributed by atoms with Gasteiger partial charge in [0, 0.05) is 28.7 Å². The first-order valence-electron chi connectivity index (χ1n) is 7.68.